The number of benzene rings is 1. The van der Waals surface area contributed by atoms with Crippen LogP contribution in [0.15, 0.2) is 24.4 Å². The predicted molar refractivity (Wildman–Crippen MR) is 68.7 cm³/mol. The third-order valence-electron chi connectivity index (χ3n) is 2.23. The van der Waals surface area contributed by atoms with Crippen LogP contribution in [0.1, 0.15) is 37.8 Å². The molecule has 0 radical (unpaired) electrons. The summed E-state index contributed by atoms with van der Waals surface area (Å²) in [5, 5.41) is 3.99. The Morgan fingerprint density at radius 2 is 2.00 bits per heavy atom. The third kappa shape index (κ3) is 3.00. The largest absolute Gasteiger partial charge is 0.358 e. The van der Waals surface area contributed by atoms with Crippen LogP contribution in [0.2, 0.25) is 5.02 Å². The second kappa shape index (κ2) is 4.71. The summed E-state index contributed by atoms with van der Waals surface area (Å²) in [6, 6.07) is 4.14. The van der Waals surface area contributed by atoms with Crippen molar-refractivity contribution in [3.05, 3.63) is 40.6 Å². The lowest BCUT2D eigenvalue weighted by Crippen LogP contribution is -2.01. The monoisotopic (exact) mass is 223 g/mol. The SMILES string of the molecule is C=C(C)Nc1c(Cl)cc(C)cc1C(C)C. The lowest BCUT2D eigenvalue weighted by atomic mass is 9.98. The fourth-order valence-electron chi connectivity index (χ4n) is 1.57. The highest BCUT2D eigenvalue weighted by molar-refractivity contribution is 6.33. The molecule has 0 atom stereocenters. The number of aryl methyl sites for hydroxylation is 1. The zero-order chi connectivity index (χ0) is 11.6. The molecule has 1 aromatic carbocycles. The topological polar surface area (TPSA) is 12.0 Å². The van der Waals surface area contributed by atoms with Gasteiger partial charge in [-0.15, -0.1) is 0 Å². The summed E-state index contributed by atoms with van der Waals surface area (Å²) in [4.78, 5) is 0. The van der Waals surface area contributed by atoms with E-state index in [-0.39, 0.29) is 0 Å². The molecule has 0 fully saturated rings. The van der Waals surface area contributed by atoms with Crippen molar-refractivity contribution in [1.29, 1.82) is 0 Å². The Labute approximate surface area is 97.1 Å². The summed E-state index contributed by atoms with van der Waals surface area (Å²) in [5.41, 5.74) is 4.33. The van der Waals surface area contributed by atoms with Gasteiger partial charge in [-0.05, 0) is 37.0 Å². The predicted octanol–water partition coefficient (Wildman–Crippen LogP) is 4.72. The quantitative estimate of drug-likeness (QED) is 0.782. The highest BCUT2D eigenvalue weighted by Crippen LogP contribution is 2.33. The fraction of sp³-hybridized carbons (Fsp3) is 0.385. The molecule has 2 heteroatoms. The van der Waals surface area contributed by atoms with Gasteiger partial charge in [0, 0.05) is 5.70 Å². The second-order valence-corrected chi connectivity index (χ2v) is 4.68. The average molecular weight is 224 g/mol. The number of anilines is 1. The molecule has 0 saturated carbocycles. The van der Waals surface area contributed by atoms with Gasteiger partial charge in [0.2, 0.25) is 0 Å². The van der Waals surface area contributed by atoms with Crippen LogP contribution in [0.5, 0.6) is 0 Å². The molecule has 1 rings (SSSR count). The van der Waals surface area contributed by atoms with E-state index in [0.717, 1.165) is 16.4 Å². The van der Waals surface area contributed by atoms with Crippen molar-refractivity contribution in [3.8, 4) is 0 Å². The maximum atomic E-state index is 6.22. The van der Waals surface area contributed by atoms with E-state index in [9.17, 15) is 0 Å². The van der Waals surface area contributed by atoms with E-state index in [4.69, 9.17) is 11.6 Å². The summed E-state index contributed by atoms with van der Waals surface area (Å²) < 4.78 is 0. The first-order valence-electron chi connectivity index (χ1n) is 5.14. The summed E-state index contributed by atoms with van der Waals surface area (Å²) >= 11 is 6.22. The van der Waals surface area contributed by atoms with Crippen LogP contribution in [0.3, 0.4) is 0 Å². The molecule has 0 bridgehead atoms. The minimum Gasteiger partial charge on any atom is -0.358 e. The van der Waals surface area contributed by atoms with Crippen LogP contribution in [0, 0.1) is 6.92 Å². The van der Waals surface area contributed by atoms with Gasteiger partial charge in [0.15, 0.2) is 0 Å². The molecule has 1 N–H and O–H groups in total. The maximum Gasteiger partial charge on any atom is 0.0646 e. The first kappa shape index (κ1) is 12.1. The molecule has 1 aromatic rings. The van der Waals surface area contributed by atoms with Crippen LogP contribution >= 0.6 is 11.6 Å². The first-order chi connectivity index (χ1) is 6.91. The number of halogens is 1. The summed E-state index contributed by atoms with van der Waals surface area (Å²) in [6.45, 7) is 12.2. The minimum absolute atomic E-state index is 0.448. The number of hydrogen-bond donors (Lipinski definition) is 1. The molecule has 0 heterocycles. The molecule has 15 heavy (non-hydrogen) atoms. The molecule has 0 aromatic heterocycles. The van der Waals surface area contributed by atoms with Gasteiger partial charge in [-0.3, -0.25) is 0 Å². The van der Waals surface area contributed by atoms with Gasteiger partial charge in [0.05, 0.1) is 10.7 Å². The van der Waals surface area contributed by atoms with E-state index in [0.29, 0.717) is 5.92 Å². The zero-order valence-electron chi connectivity index (χ0n) is 9.82. The molecule has 0 amide bonds. The summed E-state index contributed by atoms with van der Waals surface area (Å²) in [5.74, 6) is 0.448. The van der Waals surface area contributed by atoms with Gasteiger partial charge in [-0.25, -0.2) is 0 Å². The third-order valence-corrected chi connectivity index (χ3v) is 2.52. The molecule has 82 valence electrons. The van der Waals surface area contributed by atoms with Gasteiger partial charge >= 0.3 is 0 Å². The Kier molecular flexibility index (Phi) is 3.81. The van der Waals surface area contributed by atoms with Crippen LogP contribution < -0.4 is 5.32 Å². The molecule has 0 aliphatic carbocycles. The smallest absolute Gasteiger partial charge is 0.0646 e. The van der Waals surface area contributed by atoms with E-state index in [2.05, 4.69) is 38.7 Å². The Balaban J connectivity index is 3.26. The van der Waals surface area contributed by atoms with Crippen molar-refractivity contribution in [2.45, 2.75) is 33.6 Å². The molecular weight excluding hydrogens is 206 g/mol. The van der Waals surface area contributed by atoms with Gasteiger partial charge in [-0.2, -0.15) is 0 Å². The zero-order valence-corrected chi connectivity index (χ0v) is 10.6. The molecule has 0 unspecified atom stereocenters. The molecule has 0 aliphatic rings. The van der Waals surface area contributed by atoms with Crippen molar-refractivity contribution in [2.75, 3.05) is 5.32 Å². The van der Waals surface area contributed by atoms with Crippen molar-refractivity contribution < 1.29 is 0 Å². The van der Waals surface area contributed by atoms with Crippen LogP contribution in [0.25, 0.3) is 0 Å². The van der Waals surface area contributed by atoms with E-state index in [1.165, 1.54) is 11.1 Å². The van der Waals surface area contributed by atoms with Crippen molar-refractivity contribution in [2.24, 2.45) is 0 Å². The highest BCUT2D eigenvalue weighted by atomic mass is 35.5. The maximum absolute atomic E-state index is 6.22. The van der Waals surface area contributed by atoms with E-state index >= 15 is 0 Å². The lowest BCUT2D eigenvalue weighted by molar-refractivity contribution is 0.866. The molecule has 0 aliphatic heterocycles. The Morgan fingerprint density at radius 3 is 2.47 bits per heavy atom. The van der Waals surface area contributed by atoms with Crippen molar-refractivity contribution in [3.63, 3.8) is 0 Å². The average Bonchev–Trinajstić information content (AvgIpc) is 2.08. The van der Waals surface area contributed by atoms with Crippen LogP contribution in [-0.4, -0.2) is 0 Å². The first-order valence-corrected chi connectivity index (χ1v) is 5.52. The summed E-state index contributed by atoms with van der Waals surface area (Å²) in [7, 11) is 0. The van der Waals surface area contributed by atoms with Crippen molar-refractivity contribution in [1.82, 2.24) is 0 Å². The van der Waals surface area contributed by atoms with Gasteiger partial charge in [0.1, 0.15) is 0 Å². The number of nitrogens with one attached hydrogen (secondary N) is 1. The van der Waals surface area contributed by atoms with Crippen molar-refractivity contribution >= 4 is 17.3 Å². The molecule has 0 spiro atoms. The minimum atomic E-state index is 0.448. The van der Waals surface area contributed by atoms with Gasteiger partial charge in [-0.1, -0.05) is 38.1 Å². The Hall–Kier alpha value is -0.950. The fourth-order valence-corrected chi connectivity index (χ4v) is 1.90. The molecule has 1 nitrogen and oxygen atoms in total. The summed E-state index contributed by atoms with van der Waals surface area (Å²) in [6.07, 6.45) is 0. The van der Waals surface area contributed by atoms with Crippen LogP contribution in [-0.2, 0) is 0 Å². The van der Waals surface area contributed by atoms with Gasteiger partial charge < -0.3 is 5.32 Å². The normalized spacial score (nSPS) is 10.5. The number of allylic oxidation sites excluding steroid dienone is 1. The Bertz CT molecular complexity index is 380. The van der Waals surface area contributed by atoms with E-state index in [1.807, 2.05) is 13.0 Å². The lowest BCUT2D eigenvalue weighted by Gasteiger charge is -2.17. The standard InChI is InChI=1S/C13H18ClN/c1-8(2)11-6-10(5)7-12(14)13(11)15-9(3)4/h6-8,15H,3H2,1-2,4-5H3. The van der Waals surface area contributed by atoms with E-state index < -0.39 is 0 Å². The second-order valence-electron chi connectivity index (χ2n) is 4.27. The number of rotatable bonds is 3. The van der Waals surface area contributed by atoms with E-state index in [1.54, 1.807) is 0 Å². The molecular formula is C13H18ClN. The number of hydrogen-bond acceptors (Lipinski definition) is 1. The Morgan fingerprint density at radius 1 is 1.40 bits per heavy atom. The van der Waals surface area contributed by atoms with Gasteiger partial charge in [0.25, 0.3) is 0 Å². The highest BCUT2D eigenvalue weighted by Gasteiger charge is 2.11. The van der Waals surface area contributed by atoms with Crippen LogP contribution in [0.4, 0.5) is 5.69 Å². The molecule has 0 saturated heterocycles.